The molecule has 2 aromatic heterocycles. The van der Waals surface area contributed by atoms with Crippen LogP contribution in [0.5, 0.6) is 0 Å². The summed E-state index contributed by atoms with van der Waals surface area (Å²) >= 11 is 0. The van der Waals surface area contributed by atoms with Gasteiger partial charge in [0.2, 0.25) is 0 Å². The molecule has 190 valence electrons. The van der Waals surface area contributed by atoms with E-state index in [1.54, 1.807) is 0 Å². The lowest BCUT2D eigenvalue weighted by Crippen LogP contribution is -2.00. The number of aryl methyl sites for hydroxylation is 2. The predicted molar refractivity (Wildman–Crippen MR) is 141 cm³/mol. The van der Waals surface area contributed by atoms with Crippen LogP contribution in [0, 0.1) is 0 Å². The monoisotopic (exact) mass is 469 g/mol. The third kappa shape index (κ3) is 13.1. The van der Waals surface area contributed by atoms with Gasteiger partial charge in [0.15, 0.2) is 0 Å². The van der Waals surface area contributed by atoms with Gasteiger partial charge < -0.3 is 9.47 Å². The van der Waals surface area contributed by atoms with Crippen LogP contribution < -0.4 is 0 Å². The Kier molecular flexibility index (Phi) is 16.2. The highest BCUT2D eigenvalue weighted by atomic mass is 16.5. The van der Waals surface area contributed by atoms with Gasteiger partial charge in [-0.05, 0) is 75.1 Å². The molecular weight excluding hydrogens is 422 g/mol. The molecule has 0 aliphatic carbocycles. The van der Waals surface area contributed by atoms with Crippen LogP contribution >= 0.6 is 0 Å². The lowest BCUT2D eigenvalue weighted by molar-refractivity contribution is 0.126. The summed E-state index contributed by atoms with van der Waals surface area (Å²) in [4.78, 5) is 4.61. The predicted octanol–water partition coefficient (Wildman–Crippen LogP) is 7.38. The average molecular weight is 470 g/mol. The van der Waals surface area contributed by atoms with E-state index in [2.05, 4.69) is 47.2 Å². The molecule has 0 aliphatic rings. The van der Waals surface area contributed by atoms with Crippen molar-refractivity contribution < 1.29 is 9.47 Å². The molecule has 0 spiro atoms. The van der Waals surface area contributed by atoms with Crippen LogP contribution in [0.4, 0.5) is 0 Å². The van der Waals surface area contributed by atoms with E-state index in [0.717, 1.165) is 82.0 Å². The zero-order chi connectivity index (χ0) is 24.1. The maximum atomic E-state index is 5.73. The molecule has 0 unspecified atom stereocenters. The molecule has 2 rings (SSSR count). The fourth-order valence-corrected chi connectivity index (χ4v) is 3.86. The van der Waals surface area contributed by atoms with Crippen molar-refractivity contribution in [2.75, 3.05) is 26.4 Å². The zero-order valence-corrected chi connectivity index (χ0v) is 21.8. The second-order valence-corrected chi connectivity index (χ2v) is 9.22. The lowest BCUT2D eigenvalue weighted by atomic mass is 10.1. The summed E-state index contributed by atoms with van der Waals surface area (Å²) in [5.74, 6) is 0. The minimum Gasteiger partial charge on any atom is -0.381 e. The second kappa shape index (κ2) is 19.5. The first-order valence-electron chi connectivity index (χ1n) is 13.8. The molecular formula is C29H47N3O2. The Labute approximate surface area is 208 Å². The van der Waals surface area contributed by atoms with Gasteiger partial charge in [-0.25, -0.2) is 0 Å². The van der Waals surface area contributed by atoms with Gasteiger partial charge in [-0.2, -0.15) is 5.10 Å². The molecule has 0 aliphatic heterocycles. The molecule has 2 aromatic rings. The summed E-state index contributed by atoms with van der Waals surface area (Å²) in [6, 6.07) is 8.32. The Bertz CT molecular complexity index is 656. The summed E-state index contributed by atoms with van der Waals surface area (Å²) in [5.41, 5.74) is 4.02. The van der Waals surface area contributed by atoms with Gasteiger partial charge in [-0.3, -0.25) is 4.98 Å². The summed E-state index contributed by atoms with van der Waals surface area (Å²) < 4.78 is 11.4. The fraction of sp³-hybridized carbons (Fsp3) is 0.690. The second-order valence-electron chi connectivity index (χ2n) is 9.22. The summed E-state index contributed by atoms with van der Waals surface area (Å²) in [6.45, 7) is 7.99. The maximum absolute atomic E-state index is 5.73. The molecule has 0 N–H and O–H groups in total. The maximum Gasteiger partial charge on any atom is 0.111 e. The van der Waals surface area contributed by atoms with Crippen LogP contribution in [-0.2, 0) is 22.3 Å². The fourth-order valence-electron chi connectivity index (χ4n) is 3.86. The molecule has 0 radical (unpaired) electrons. The van der Waals surface area contributed by atoms with Crippen LogP contribution in [0.1, 0.15) is 102 Å². The standard InChI is InChI=1S/C29H47N3O2/c1-3-5-7-11-21-33-23-13-9-15-26-17-19-28(30-25-26)29-20-18-27(31-32-29)16-10-14-24-34-22-12-8-6-4-2/h17-20,25H,3-16,21-24H2,1-2H3. The van der Waals surface area contributed by atoms with Crippen LogP contribution in [0.15, 0.2) is 30.5 Å². The number of pyridine rings is 1. The number of nitrogens with zero attached hydrogens (tertiary/aromatic N) is 3. The lowest BCUT2D eigenvalue weighted by Gasteiger charge is -2.06. The van der Waals surface area contributed by atoms with Crippen LogP contribution in [0.25, 0.3) is 11.4 Å². The highest BCUT2D eigenvalue weighted by molar-refractivity contribution is 5.53. The minimum absolute atomic E-state index is 0.835. The van der Waals surface area contributed by atoms with E-state index in [0.29, 0.717) is 0 Å². The zero-order valence-electron chi connectivity index (χ0n) is 21.8. The molecule has 0 saturated heterocycles. The van der Waals surface area contributed by atoms with Crippen LogP contribution in [0.2, 0.25) is 0 Å². The molecule has 0 fully saturated rings. The largest absolute Gasteiger partial charge is 0.381 e. The van der Waals surface area contributed by atoms with E-state index >= 15 is 0 Å². The molecule has 0 atom stereocenters. The Balaban J connectivity index is 1.57. The Morgan fingerprint density at radius 1 is 0.559 bits per heavy atom. The number of unbranched alkanes of at least 4 members (excludes halogenated alkanes) is 8. The van der Waals surface area contributed by atoms with Crippen molar-refractivity contribution in [2.45, 2.75) is 104 Å². The molecule has 0 bridgehead atoms. The summed E-state index contributed by atoms with van der Waals surface area (Å²) in [6.07, 6.45) is 18.5. The molecule has 0 aromatic carbocycles. The molecule has 34 heavy (non-hydrogen) atoms. The van der Waals surface area contributed by atoms with Crippen LogP contribution in [0.3, 0.4) is 0 Å². The smallest absolute Gasteiger partial charge is 0.111 e. The molecule has 0 amide bonds. The first-order valence-corrected chi connectivity index (χ1v) is 13.8. The van der Waals surface area contributed by atoms with E-state index in [4.69, 9.17) is 9.47 Å². The Hall–Kier alpha value is -1.85. The summed E-state index contributed by atoms with van der Waals surface area (Å²) in [5, 5.41) is 8.80. The third-order valence-corrected chi connectivity index (χ3v) is 6.07. The number of aromatic nitrogens is 3. The highest BCUT2D eigenvalue weighted by Crippen LogP contribution is 2.15. The normalized spacial score (nSPS) is 11.2. The Morgan fingerprint density at radius 2 is 1.15 bits per heavy atom. The van der Waals surface area contributed by atoms with E-state index in [1.165, 1.54) is 56.9 Å². The molecule has 5 heteroatoms. The van der Waals surface area contributed by atoms with Crippen molar-refractivity contribution in [2.24, 2.45) is 0 Å². The number of hydrogen-bond acceptors (Lipinski definition) is 5. The quantitative estimate of drug-likeness (QED) is 0.179. The van der Waals surface area contributed by atoms with Crippen molar-refractivity contribution in [3.8, 4) is 11.4 Å². The van der Waals surface area contributed by atoms with Gasteiger partial charge in [0.25, 0.3) is 0 Å². The van der Waals surface area contributed by atoms with Gasteiger partial charge in [0.05, 0.1) is 11.4 Å². The molecule has 5 nitrogen and oxygen atoms in total. The molecule has 0 saturated carbocycles. The van der Waals surface area contributed by atoms with E-state index in [9.17, 15) is 0 Å². The SMILES string of the molecule is CCCCCCOCCCCc1ccc(-c2ccc(CCCCOCCCCCC)nn2)nc1. The number of hydrogen-bond donors (Lipinski definition) is 0. The van der Waals surface area contributed by atoms with Crippen molar-refractivity contribution in [1.82, 2.24) is 15.2 Å². The van der Waals surface area contributed by atoms with Crippen molar-refractivity contribution in [3.63, 3.8) is 0 Å². The highest BCUT2D eigenvalue weighted by Gasteiger charge is 2.04. The van der Waals surface area contributed by atoms with Gasteiger partial charge in [0.1, 0.15) is 5.69 Å². The van der Waals surface area contributed by atoms with Gasteiger partial charge >= 0.3 is 0 Å². The van der Waals surface area contributed by atoms with Gasteiger partial charge in [0, 0.05) is 32.6 Å². The topological polar surface area (TPSA) is 57.1 Å². The van der Waals surface area contributed by atoms with Crippen molar-refractivity contribution >= 4 is 0 Å². The Morgan fingerprint density at radius 3 is 1.68 bits per heavy atom. The average Bonchev–Trinajstić information content (AvgIpc) is 2.87. The first-order chi connectivity index (χ1) is 16.8. The van der Waals surface area contributed by atoms with Gasteiger partial charge in [-0.1, -0.05) is 58.4 Å². The molecule has 2 heterocycles. The number of ether oxygens (including phenoxy) is 2. The van der Waals surface area contributed by atoms with E-state index in [-0.39, 0.29) is 0 Å². The number of rotatable bonds is 21. The summed E-state index contributed by atoms with van der Waals surface area (Å²) in [7, 11) is 0. The first kappa shape index (κ1) is 28.4. The van der Waals surface area contributed by atoms with E-state index < -0.39 is 0 Å². The third-order valence-electron chi connectivity index (χ3n) is 6.07. The van der Waals surface area contributed by atoms with Gasteiger partial charge in [-0.15, -0.1) is 5.10 Å². The van der Waals surface area contributed by atoms with E-state index in [1.807, 2.05) is 12.3 Å². The van der Waals surface area contributed by atoms with Crippen molar-refractivity contribution in [3.05, 3.63) is 41.7 Å². The van der Waals surface area contributed by atoms with Crippen LogP contribution in [-0.4, -0.2) is 41.6 Å². The van der Waals surface area contributed by atoms with Crippen molar-refractivity contribution in [1.29, 1.82) is 0 Å². The minimum atomic E-state index is 0.835.